The molecule has 1 aliphatic heterocycles. The number of rotatable bonds is 4. The van der Waals surface area contributed by atoms with Gasteiger partial charge in [0.05, 0.1) is 0 Å². The van der Waals surface area contributed by atoms with E-state index in [0.29, 0.717) is 31.9 Å². The minimum absolute atomic E-state index is 0.0203. The van der Waals surface area contributed by atoms with Crippen molar-refractivity contribution in [1.29, 1.82) is 0 Å². The Labute approximate surface area is 203 Å². The molecule has 1 atom stereocenters. The van der Waals surface area contributed by atoms with Gasteiger partial charge in [-0.3, -0.25) is 4.79 Å². The van der Waals surface area contributed by atoms with Crippen LogP contribution in [0.1, 0.15) is 28.5 Å². The number of thiophene rings is 1. The number of carbonyl (C=O) groups excluding carboxylic acids is 2. The van der Waals surface area contributed by atoms with Crippen LogP contribution in [-0.2, 0) is 6.54 Å². The molecule has 1 aliphatic rings. The van der Waals surface area contributed by atoms with Crippen molar-refractivity contribution in [2.24, 2.45) is 0 Å². The molecule has 34 heavy (non-hydrogen) atoms. The van der Waals surface area contributed by atoms with E-state index in [1.54, 1.807) is 11.3 Å². The summed E-state index contributed by atoms with van der Waals surface area (Å²) in [6.45, 7) is 6.27. The van der Waals surface area contributed by atoms with Gasteiger partial charge in [-0.15, -0.1) is 11.3 Å². The van der Waals surface area contributed by atoms with E-state index >= 15 is 0 Å². The first-order chi connectivity index (χ1) is 16.5. The van der Waals surface area contributed by atoms with Crippen molar-refractivity contribution in [2.45, 2.75) is 26.4 Å². The smallest absolute Gasteiger partial charge is 0.322 e. The number of hydrogen-bond acceptors (Lipinski definition) is 3. The molecular formula is C27H28N4O2S. The maximum Gasteiger partial charge on any atom is 0.322 e. The summed E-state index contributed by atoms with van der Waals surface area (Å²) in [7, 11) is 0. The van der Waals surface area contributed by atoms with E-state index in [0.717, 1.165) is 15.9 Å². The van der Waals surface area contributed by atoms with Gasteiger partial charge >= 0.3 is 6.03 Å². The lowest BCUT2D eigenvalue weighted by molar-refractivity contribution is 0.0583. The molecule has 3 heterocycles. The SMILES string of the molecule is Cc1ccccc1Cn1c(C(=O)N2CCN(C(=O)Nc3ccccc3)[C@@H](C)C2)cc2ccsc21. The molecule has 1 N–H and O–H groups in total. The van der Waals surface area contributed by atoms with Gasteiger partial charge in [0.2, 0.25) is 0 Å². The van der Waals surface area contributed by atoms with Gasteiger partial charge in [0.15, 0.2) is 0 Å². The van der Waals surface area contributed by atoms with Crippen molar-refractivity contribution in [3.05, 3.63) is 88.9 Å². The van der Waals surface area contributed by atoms with Crippen LogP contribution in [0.4, 0.5) is 10.5 Å². The highest BCUT2D eigenvalue weighted by Gasteiger charge is 2.32. The summed E-state index contributed by atoms with van der Waals surface area (Å²) >= 11 is 1.66. The maximum atomic E-state index is 13.7. The van der Waals surface area contributed by atoms with Gasteiger partial charge < -0.3 is 19.7 Å². The molecule has 2 aromatic carbocycles. The fourth-order valence-electron chi connectivity index (χ4n) is 4.59. The molecule has 1 fully saturated rings. The zero-order valence-corrected chi connectivity index (χ0v) is 20.2. The molecule has 174 valence electrons. The van der Waals surface area contributed by atoms with Gasteiger partial charge in [-0.2, -0.15) is 0 Å². The van der Waals surface area contributed by atoms with Crippen LogP contribution in [-0.4, -0.2) is 52.0 Å². The van der Waals surface area contributed by atoms with Crippen molar-refractivity contribution in [2.75, 3.05) is 25.0 Å². The number of nitrogens with one attached hydrogen (secondary N) is 1. The lowest BCUT2D eigenvalue weighted by Gasteiger charge is -2.39. The van der Waals surface area contributed by atoms with Gasteiger partial charge in [-0.1, -0.05) is 42.5 Å². The Morgan fingerprint density at radius 2 is 1.79 bits per heavy atom. The lowest BCUT2D eigenvalue weighted by Crippen LogP contribution is -2.56. The highest BCUT2D eigenvalue weighted by molar-refractivity contribution is 7.16. The first-order valence-electron chi connectivity index (χ1n) is 11.5. The molecule has 1 saturated heterocycles. The van der Waals surface area contributed by atoms with E-state index in [1.807, 2.05) is 65.3 Å². The monoisotopic (exact) mass is 472 g/mol. The van der Waals surface area contributed by atoms with Gasteiger partial charge in [-0.25, -0.2) is 4.79 Å². The molecule has 6 nitrogen and oxygen atoms in total. The third kappa shape index (κ3) is 4.31. The number of carbonyl (C=O) groups is 2. The van der Waals surface area contributed by atoms with Gasteiger partial charge in [-0.05, 0) is 54.6 Å². The predicted molar refractivity (Wildman–Crippen MR) is 138 cm³/mol. The second-order valence-electron chi connectivity index (χ2n) is 8.81. The molecule has 0 spiro atoms. The number of para-hydroxylation sites is 1. The average molecular weight is 473 g/mol. The van der Waals surface area contributed by atoms with Crippen molar-refractivity contribution < 1.29 is 9.59 Å². The largest absolute Gasteiger partial charge is 0.334 e. The van der Waals surface area contributed by atoms with Gasteiger partial charge in [0, 0.05) is 43.3 Å². The minimum atomic E-state index is -0.130. The fourth-order valence-corrected chi connectivity index (χ4v) is 5.49. The van der Waals surface area contributed by atoms with Crippen LogP contribution in [0, 0.1) is 6.92 Å². The summed E-state index contributed by atoms with van der Waals surface area (Å²) in [5.41, 5.74) is 3.90. The number of piperazine rings is 1. The Balaban J connectivity index is 1.33. The number of fused-ring (bicyclic) bond motifs is 1. The average Bonchev–Trinajstić information content (AvgIpc) is 3.43. The van der Waals surface area contributed by atoms with Crippen molar-refractivity contribution in [3.8, 4) is 0 Å². The highest BCUT2D eigenvalue weighted by atomic mass is 32.1. The Morgan fingerprint density at radius 1 is 1.03 bits per heavy atom. The van der Waals surface area contributed by atoms with E-state index in [4.69, 9.17) is 0 Å². The Morgan fingerprint density at radius 3 is 2.56 bits per heavy atom. The van der Waals surface area contributed by atoms with Crippen LogP contribution in [0.3, 0.4) is 0 Å². The third-order valence-corrected chi connectivity index (χ3v) is 7.46. The van der Waals surface area contributed by atoms with Crippen LogP contribution in [0.5, 0.6) is 0 Å². The number of amides is 3. The topological polar surface area (TPSA) is 57.6 Å². The number of anilines is 1. The van der Waals surface area contributed by atoms with Gasteiger partial charge in [0.25, 0.3) is 5.91 Å². The number of urea groups is 1. The number of benzene rings is 2. The molecule has 0 radical (unpaired) electrons. The zero-order valence-electron chi connectivity index (χ0n) is 19.4. The molecule has 2 aromatic heterocycles. The van der Waals surface area contributed by atoms with E-state index in [9.17, 15) is 9.59 Å². The predicted octanol–water partition coefficient (Wildman–Crippen LogP) is 5.44. The molecule has 0 unspecified atom stereocenters. The van der Waals surface area contributed by atoms with Crippen LogP contribution in [0.25, 0.3) is 10.2 Å². The molecule has 7 heteroatoms. The third-order valence-electron chi connectivity index (χ3n) is 6.51. The number of aryl methyl sites for hydroxylation is 1. The number of aromatic nitrogens is 1. The summed E-state index contributed by atoms with van der Waals surface area (Å²) in [4.78, 5) is 31.3. The quantitative estimate of drug-likeness (QED) is 0.430. The summed E-state index contributed by atoms with van der Waals surface area (Å²) in [5.74, 6) is 0.0203. The fraction of sp³-hybridized carbons (Fsp3) is 0.259. The van der Waals surface area contributed by atoms with E-state index in [-0.39, 0.29) is 18.0 Å². The van der Waals surface area contributed by atoms with E-state index in [1.165, 1.54) is 11.1 Å². The van der Waals surface area contributed by atoms with Crippen LogP contribution >= 0.6 is 11.3 Å². The molecule has 5 rings (SSSR count). The van der Waals surface area contributed by atoms with E-state index < -0.39 is 0 Å². The second kappa shape index (κ2) is 9.35. The highest BCUT2D eigenvalue weighted by Crippen LogP contribution is 2.28. The normalized spacial score (nSPS) is 16.1. The van der Waals surface area contributed by atoms with Crippen LogP contribution in [0.2, 0.25) is 0 Å². The van der Waals surface area contributed by atoms with Crippen molar-refractivity contribution in [3.63, 3.8) is 0 Å². The number of nitrogens with zero attached hydrogens (tertiary/aromatic N) is 3. The summed E-state index contributed by atoms with van der Waals surface area (Å²) in [6.07, 6.45) is 0. The van der Waals surface area contributed by atoms with E-state index in [2.05, 4.69) is 40.4 Å². The summed E-state index contributed by atoms with van der Waals surface area (Å²) in [5, 5.41) is 6.12. The second-order valence-corrected chi connectivity index (χ2v) is 9.71. The first kappa shape index (κ1) is 22.2. The molecule has 4 aromatic rings. The Kier molecular flexibility index (Phi) is 6.11. The lowest BCUT2D eigenvalue weighted by atomic mass is 10.1. The minimum Gasteiger partial charge on any atom is -0.334 e. The molecule has 0 saturated carbocycles. The van der Waals surface area contributed by atoms with Crippen molar-refractivity contribution in [1.82, 2.24) is 14.4 Å². The van der Waals surface area contributed by atoms with Crippen molar-refractivity contribution >= 4 is 39.2 Å². The standard InChI is InChI=1S/C27H28N4O2S/c1-19-8-6-7-9-22(19)18-31-24(16-21-12-15-34-26(21)31)25(32)29-13-14-30(20(2)17-29)27(33)28-23-10-4-3-5-11-23/h3-12,15-16,20H,13-14,17-18H2,1-2H3,(H,28,33)/t20-/m0/s1. The summed E-state index contributed by atoms with van der Waals surface area (Å²) in [6, 6.07) is 21.6. The number of hydrogen-bond donors (Lipinski definition) is 1. The first-order valence-corrected chi connectivity index (χ1v) is 12.4. The Hall–Kier alpha value is -3.58. The van der Waals surface area contributed by atoms with Crippen LogP contribution in [0.15, 0.2) is 72.1 Å². The Bertz CT molecular complexity index is 1330. The van der Waals surface area contributed by atoms with Gasteiger partial charge in [0.1, 0.15) is 10.5 Å². The zero-order chi connectivity index (χ0) is 23.7. The molecule has 0 bridgehead atoms. The molecule has 3 amide bonds. The molecular weight excluding hydrogens is 444 g/mol. The maximum absolute atomic E-state index is 13.7. The van der Waals surface area contributed by atoms with Crippen LogP contribution < -0.4 is 5.32 Å². The molecule has 0 aliphatic carbocycles. The summed E-state index contributed by atoms with van der Waals surface area (Å²) < 4.78 is 2.14.